The Balaban J connectivity index is 1.73. The lowest BCUT2D eigenvalue weighted by molar-refractivity contribution is 0.628. The lowest BCUT2D eigenvalue weighted by Gasteiger charge is -2.11. The van der Waals surface area contributed by atoms with Gasteiger partial charge in [-0.1, -0.05) is 18.2 Å². The van der Waals surface area contributed by atoms with E-state index in [1.165, 1.54) is 12.1 Å². The number of hydrogen-bond donors (Lipinski definition) is 1. The molecule has 4 nitrogen and oxygen atoms in total. The summed E-state index contributed by atoms with van der Waals surface area (Å²) in [6.45, 7) is 2.03. The molecule has 0 radical (unpaired) electrons. The topological polar surface area (TPSA) is 50.7 Å². The zero-order valence-electron chi connectivity index (χ0n) is 14.7. The van der Waals surface area contributed by atoms with Gasteiger partial charge in [-0.25, -0.2) is 14.4 Å². The molecule has 4 rings (SSSR count). The van der Waals surface area contributed by atoms with Gasteiger partial charge in [0.15, 0.2) is 0 Å². The predicted octanol–water partition coefficient (Wildman–Crippen LogP) is 5.40. The largest absolute Gasteiger partial charge is 0.324 e. The lowest BCUT2D eigenvalue weighted by atomic mass is 10.0. The fourth-order valence-corrected chi connectivity index (χ4v) is 2.85. The van der Waals surface area contributed by atoms with E-state index in [0.717, 1.165) is 33.8 Å². The zero-order chi connectivity index (χ0) is 18.6. The van der Waals surface area contributed by atoms with Crippen molar-refractivity contribution in [3.8, 4) is 22.5 Å². The molecular formula is C22H17FN4. The molecule has 2 aromatic heterocycles. The summed E-state index contributed by atoms with van der Waals surface area (Å²) in [4.78, 5) is 13.4. The van der Waals surface area contributed by atoms with Crippen molar-refractivity contribution in [2.24, 2.45) is 0 Å². The Morgan fingerprint density at radius 3 is 2.44 bits per heavy atom. The van der Waals surface area contributed by atoms with Gasteiger partial charge in [-0.15, -0.1) is 0 Å². The van der Waals surface area contributed by atoms with Crippen LogP contribution in [0.4, 0.5) is 16.0 Å². The summed E-state index contributed by atoms with van der Waals surface area (Å²) in [7, 11) is 0. The fourth-order valence-electron chi connectivity index (χ4n) is 2.85. The number of nitrogens with zero attached hydrogens (tertiary/aromatic N) is 3. The second-order valence-electron chi connectivity index (χ2n) is 6.11. The van der Waals surface area contributed by atoms with E-state index < -0.39 is 0 Å². The third-order valence-corrected chi connectivity index (χ3v) is 4.25. The third-order valence-electron chi connectivity index (χ3n) is 4.25. The SMILES string of the molecule is Cc1ccccc1Nc1nccc(-c2cccnc2-c2ccc(F)cc2)n1. The van der Waals surface area contributed by atoms with Crippen LogP contribution >= 0.6 is 0 Å². The van der Waals surface area contributed by atoms with Crippen molar-refractivity contribution >= 4 is 11.6 Å². The van der Waals surface area contributed by atoms with Crippen LogP contribution < -0.4 is 5.32 Å². The number of rotatable bonds is 4. The Hall–Kier alpha value is -3.60. The average Bonchev–Trinajstić information content (AvgIpc) is 2.71. The quantitative estimate of drug-likeness (QED) is 0.532. The Morgan fingerprint density at radius 1 is 0.815 bits per heavy atom. The van der Waals surface area contributed by atoms with Gasteiger partial charge in [0.1, 0.15) is 5.82 Å². The molecule has 2 aromatic carbocycles. The molecule has 0 aliphatic heterocycles. The van der Waals surface area contributed by atoms with Gasteiger partial charge < -0.3 is 5.32 Å². The summed E-state index contributed by atoms with van der Waals surface area (Å²) in [6.07, 6.45) is 3.43. The van der Waals surface area contributed by atoms with Crippen LogP contribution in [0.15, 0.2) is 79.1 Å². The summed E-state index contributed by atoms with van der Waals surface area (Å²) in [5.74, 6) is 0.235. The summed E-state index contributed by atoms with van der Waals surface area (Å²) in [5, 5.41) is 3.26. The Bertz CT molecular complexity index is 1080. The van der Waals surface area contributed by atoms with Crippen LogP contribution in [0.2, 0.25) is 0 Å². The highest BCUT2D eigenvalue weighted by Crippen LogP contribution is 2.29. The Kier molecular flexibility index (Phi) is 4.58. The van der Waals surface area contributed by atoms with Crippen molar-refractivity contribution in [3.05, 3.63) is 90.5 Å². The number of hydrogen-bond acceptors (Lipinski definition) is 4. The highest BCUT2D eigenvalue weighted by Gasteiger charge is 2.11. The van der Waals surface area contributed by atoms with Crippen LogP contribution in [0.1, 0.15) is 5.56 Å². The molecule has 0 fully saturated rings. The smallest absolute Gasteiger partial charge is 0.227 e. The highest BCUT2D eigenvalue weighted by atomic mass is 19.1. The number of benzene rings is 2. The molecule has 0 saturated carbocycles. The van der Waals surface area contributed by atoms with E-state index in [4.69, 9.17) is 0 Å². The molecule has 0 atom stereocenters. The Labute approximate surface area is 156 Å². The number of para-hydroxylation sites is 1. The number of pyridine rings is 1. The van der Waals surface area contributed by atoms with Crippen LogP contribution in [0, 0.1) is 12.7 Å². The van der Waals surface area contributed by atoms with Crippen molar-refractivity contribution in [1.29, 1.82) is 0 Å². The number of aromatic nitrogens is 3. The van der Waals surface area contributed by atoms with Crippen molar-refractivity contribution in [3.63, 3.8) is 0 Å². The molecule has 0 aliphatic rings. The standard InChI is InChI=1S/C22H17FN4/c1-15-5-2-3-7-19(15)26-22-25-14-12-20(27-22)18-6-4-13-24-21(18)16-8-10-17(23)11-9-16/h2-14H,1H3,(H,25,26,27). The predicted molar refractivity (Wildman–Crippen MR) is 105 cm³/mol. The molecule has 0 unspecified atom stereocenters. The van der Waals surface area contributed by atoms with E-state index in [1.807, 2.05) is 49.4 Å². The maximum atomic E-state index is 13.3. The minimum atomic E-state index is -0.275. The van der Waals surface area contributed by atoms with Gasteiger partial charge in [0.25, 0.3) is 0 Å². The van der Waals surface area contributed by atoms with Crippen LogP contribution in [0.5, 0.6) is 0 Å². The van der Waals surface area contributed by atoms with E-state index >= 15 is 0 Å². The van der Waals surface area contributed by atoms with E-state index in [0.29, 0.717) is 5.95 Å². The van der Waals surface area contributed by atoms with Gasteiger partial charge in [0.2, 0.25) is 5.95 Å². The summed E-state index contributed by atoms with van der Waals surface area (Å²) < 4.78 is 13.3. The highest BCUT2D eigenvalue weighted by molar-refractivity contribution is 5.79. The molecular weight excluding hydrogens is 339 g/mol. The van der Waals surface area contributed by atoms with E-state index in [-0.39, 0.29) is 5.82 Å². The van der Waals surface area contributed by atoms with Crippen LogP contribution in [-0.4, -0.2) is 15.0 Å². The second-order valence-corrected chi connectivity index (χ2v) is 6.11. The van der Waals surface area contributed by atoms with Gasteiger partial charge >= 0.3 is 0 Å². The number of aryl methyl sites for hydroxylation is 1. The zero-order valence-corrected chi connectivity index (χ0v) is 14.7. The van der Waals surface area contributed by atoms with Gasteiger partial charge in [-0.3, -0.25) is 4.98 Å². The first-order chi connectivity index (χ1) is 13.2. The van der Waals surface area contributed by atoms with Crippen molar-refractivity contribution in [1.82, 2.24) is 15.0 Å². The molecule has 0 aliphatic carbocycles. The van der Waals surface area contributed by atoms with Gasteiger partial charge in [0.05, 0.1) is 11.4 Å². The molecule has 0 saturated heterocycles. The first-order valence-corrected chi connectivity index (χ1v) is 8.58. The van der Waals surface area contributed by atoms with Crippen LogP contribution in [0.3, 0.4) is 0 Å². The second kappa shape index (κ2) is 7.33. The lowest BCUT2D eigenvalue weighted by Crippen LogP contribution is -2.00. The van der Waals surface area contributed by atoms with E-state index in [9.17, 15) is 4.39 Å². The summed E-state index contributed by atoms with van der Waals surface area (Å²) in [5.41, 5.74) is 5.25. The number of anilines is 2. The van der Waals surface area contributed by atoms with Crippen molar-refractivity contribution in [2.75, 3.05) is 5.32 Å². The van der Waals surface area contributed by atoms with Gasteiger partial charge in [-0.2, -0.15) is 0 Å². The van der Waals surface area contributed by atoms with Gasteiger partial charge in [-0.05, 0) is 61.0 Å². The van der Waals surface area contributed by atoms with Crippen LogP contribution in [-0.2, 0) is 0 Å². The van der Waals surface area contributed by atoms with Gasteiger partial charge in [0, 0.05) is 29.2 Å². The monoisotopic (exact) mass is 356 g/mol. The first-order valence-electron chi connectivity index (χ1n) is 8.58. The molecule has 27 heavy (non-hydrogen) atoms. The molecule has 5 heteroatoms. The minimum absolute atomic E-state index is 0.275. The molecule has 0 amide bonds. The minimum Gasteiger partial charge on any atom is -0.324 e. The number of nitrogens with one attached hydrogen (secondary N) is 1. The molecule has 4 aromatic rings. The maximum absolute atomic E-state index is 13.3. The molecule has 2 heterocycles. The third kappa shape index (κ3) is 3.67. The molecule has 0 spiro atoms. The molecule has 1 N–H and O–H groups in total. The first kappa shape index (κ1) is 16.8. The van der Waals surface area contributed by atoms with E-state index in [1.54, 1.807) is 24.5 Å². The van der Waals surface area contributed by atoms with Crippen molar-refractivity contribution < 1.29 is 4.39 Å². The van der Waals surface area contributed by atoms with E-state index in [2.05, 4.69) is 20.3 Å². The Morgan fingerprint density at radius 2 is 1.63 bits per heavy atom. The number of halogens is 1. The molecule has 132 valence electrons. The molecule has 0 bridgehead atoms. The normalized spacial score (nSPS) is 10.6. The average molecular weight is 356 g/mol. The van der Waals surface area contributed by atoms with Crippen molar-refractivity contribution in [2.45, 2.75) is 6.92 Å². The fraction of sp³-hybridized carbons (Fsp3) is 0.0455. The maximum Gasteiger partial charge on any atom is 0.227 e. The summed E-state index contributed by atoms with van der Waals surface area (Å²) in [6, 6.07) is 19.9. The summed E-state index contributed by atoms with van der Waals surface area (Å²) >= 11 is 0. The van der Waals surface area contributed by atoms with Crippen LogP contribution in [0.25, 0.3) is 22.5 Å².